The molecule has 0 amide bonds. The predicted octanol–water partition coefficient (Wildman–Crippen LogP) is 2.63. The summed E-state index contributed by atoms with van der Waals surface area (Å²) in [5, 5.41) is 0.983. The molecular weight excluding hydrogens is 274 g/mol. The Labute approximate surface area is 110 Å². The van der Waals surface area contributed by atoms with Crippen molar-refractivity contribution in [1.29, 1.82) is 0 Å². The van der Waals surface area contributed by atoms with Crippen LogP contribution in [0.25, 0.3) is 22.1 Å². The number of rotatable bonds is 0. The third-order valence-corrected chi connectivity index (χ3v) is 2.98. The van der Waals surface area contributed by atoms with Crippen LogP contribution < -0.4 is 11.2 Å². The number of fused-ring (bicyclic) bond motifs is 2. The van der Waals surface area contributed by atoms with Gasteiger partial charge in [-0.3, -0.25) is 4.79 Å². The highest BCUT2D eigenvalue weighted by molar-refractivity contribution is 7.71. The Hall–Kier alpha value is -1.92. The van der Waals surface area contributed by atoms with Crippen LogP contribution in [0.3, 0.4) is 0 Å². The van der Waals surface area contributed by atoms with Gasteiger partial charge in [0.1, 0.15) is 16.8 Å². The fraction of sp³-hybridized carbons (Fsp3) is 0. The zero-order valence-corrected chi connectivity index (χ0v) is 10.4. The van der Waals surface area contributed by atoms with Gasteiger partial charge in [-0.25, -0.2) is 0 Å². The van der Waals surface area contributed by atoms with Crippen molar-refractivity contribution >= 4 is 51.7 Å². The lowest BCUT2D eigenvalue weighted by atomic mass is 10.2. The molecule has 0 unspecified atom stereocenters. The molecule has 2 heterocycles. The number of H-pyrrole nitrogens is 1. The number of hydrogen-bond acceptors (Lipinski definition) is 5. The first kappa shape index (κ1) is 11.2. The van der Waals surface area contributed by atoms with Gasteiger partial charge >= 0.3 is 0 Å². The number of hydrogen-bond donors (Lipinski definition) is 2. The molecule has 1 aromatic carbocycles. The summed E-state index contributed by atoms with van der Waals surface area (Å²) >= 11 is 10.7. The van der Waals surface area contributed by atoms with E-state index >= 15 is 0 Å². The van der Waals surface area contributed by atoms with Crippen LogP contribution in [-0.2, 0) is 0 Å². The molecular formula is C11H6ClN3O2S. The Morgan fingerprint density at radius 3 is 3.00 bits per heavy atom. The number of anilines is 1. The molecule has 0 aliphatic carbocycles. The number of aromatic nitrogens is 2. The second-order valence-corrected chi connectivity index (χ2v) is 4.53. The number of nitrogen functional groups attached to an aromatic ring is 1. The Bertz CT molecular complexity index is 900. The molecule has 3 rings (SSSR count). The maximum atomic E-state index is 12.3. The van der Waals surface area contributed by atoms with E-state index in [2.05, 4.69) is 9.97 Å². The van der Waals surface area contributed by atoms with E-state index in [1.54, 1.807) is 12.1 Å². The van der Waals surface area contributed by atoms with Crippen LogP contribution in [0, 0.1) is 4.77 Å². The SMILES string of the molecule is Nc1[nH]c(=S)nc2oc3ccc(Cl)cc3c(=O)c12. The quantitative estimate of drug-likeness (QED) is 0.488. The normalized spacial score (nSPS) is 11.2. The van der Waals surface area contributed by atoms with Crippen LogP contribution in [0.5, 0.6) is 0 Å². The smallest absolute Gasteiger partial charge is 0.236 e. The van der Waals surface area contributed by atoms with E-state index in [0.717, 1.165) is 0 Å². The molecule has 18 heavy (non-hydrogen) atoms. The second kappa shape index (κ2) is 3.79. The van der Waals surface area contributed by atoms with Gasteiger partial charge in [-0.1, -0.05) is 11.6 Å². The third kappa shape index (κ3) is 1.58. The van der Waals surface area contributed by atoms with Gasteiger partial charge in [0.05, 0.1) is 5.39 Å². The largest absolute Gasteiger partial charge is 0.437 e. The highest BCUT2D eigenvalue weighted by Gasteiger charge is 2.12. The molecule has 7 heteroatoms. The van der Waals surface area contributed by atoms with E-state index in [4.69, 9.17) is 34.0 Å². The summed E-state index contributed by atoms with van der Waals surface area (Å²) in [5.74, 6) is 0.139. The van der Waals surface area contributed by atoms with Gasteiger partial charge in [0.2, 0.25) is 15.9 Å². The van der Waals surface area contributed by atoms with E-state index in [1.165, 1.54) is 6.07 Å². The first-order valence-corrected chi connectivity index (χ1v) is 5.77. The van der Waals surface area contributed by atoms with Crippen LogP contribution in [0.4, 0.5) is 5.82 Å². The number of nitrogens with one attached hydrogen (secondary N) is 1. The molecule has 0 spiro atoms. The average molecular weight is 280 g/mol. The minimum Gasteiger partial charge on any atom is -0.437 e. The Kier molecular flexibility index (Phi) is 2.36. The number of nitrogens with two attached hydrogens (primary N) is 1. The molecule has 0 fully saturated rings. The van der Waals surface area contributed by atoms with Gasteiger partial charge in [0.25, 0.3) is 0 Å². The molecule has 0 bridgehead atoms. The van der Waals surface area contributed by atoms with Gasteiger partial charge in [0.15, 0.2) is 0 Å². The van der Waals surface area contributed by atoms with Crippen molar-refractivity contribution in [2.24, 2.45) is 0 Å². The van der Waals surface area contributed by atoms with E-state index in [9.17, 15) is 4.79 Å². The molecule has 0 atom stereocenters. The van der Waals surface area contributed by atoms with Crippen LogP contribution >= 0.6 is 23.8 Å². The van der Waals surface area contributed by atoms with Crippen molar-refractivity contribution in [2.45, 2.75) is 0 Å². The van der Waals surface area contributed by atoms with E-state index in [0.29, 0.717) is 16.0 Å². The second-order valence-electron chi connectivity index (χ2n) is 3.71. The maximum absolute atomic E-state index is 12.3. The van der Waals surface area contributed by atoms with E-state index in [-0.39, 0.29) is 27.1 Å². The summed E-state index contributed by atoms with van der Waals surface area (Å²) in [7, 11) is 0. The summed E-state index contributed by atoms with van der Waals surface area (Å²) in [4.78, 5) is 18.9. The van der Waals surface area contributed by atoms with Crippen molar-refractivity contribution in [1.82, 2.24) is 9.97 Å². The fourth-order valence-corrected chi connectivity index (χ4v) is 2.13. The molecule has 3 aromatic rings. The zero-order chi connectivity index (χ0) is 12.9. The van der Waals surface area contributed by atoms with Gasteiger partial charge < -0.3 is 15.1 Å². The molecule has 90 valence electrons. The molecule has 0 aliphatic rings. The molecule has 0 saturated heterocycles. The van der Waals surface area contributed by atoms with Crippen molar-refractivity contribution in [3.8, 4) is 0 Å². The first-order chi connectivity index (χ1) is 8.56. The summed E-state index contributed by atoms with van der Waals surface area (Å²) in [5.41, 5.74) is 5.96. The topological polar surface area (TPSA) is 84.9 Å². The van der Waals surface area contributed by atoms with Crippen LogP contribution in [-0.4, -0.2) is 9.97 Å². The number of halogens is 1. The van der Waals surface area contributed by atoms with Gasteiger partial charge in [-0.2, -0.15) is 4.98 Å². The summed E-state index contributed by atoms with van der Waals surface area (Å²) in [6.45, 7) is 0. The summed E-state index contributed by atoms with van der Waals surface area (Å²) in [6, 6.07) is 4.77. The summed E-state index contributed by atoms with van der Waals surface area (Å²) < 4.78 is 5.67. The molecule has 0 saturated carbocycles. The number of aromatic amines is 1. The van der Waals surface area contributed by atoms with Crippen molar-refractivity contribution in [2.75, 3.05) is 5.73 Å². The van der Waals surface area contributed by atoms with E-state index in [1.807, 2.05) is 0 Å². The van der Waals surface area contributed by atoms with Crippen molar-refractivity contribution in [3.63, 3.8) is 0 Å². The predicted molar refractivity (Wildman–Crippen MR) is 72.4 cm³/mol. The minimum atomic E-state index is -0.287. The molecule has 0 aliphatic heterocycles. The highest BCUT2D eigenvalue weighted by Crippen LogP contribution is 2.22. The third-order valence-electron chi connectivity index (χ3n) is 2.55. The fourth-order valence-electron chi connectivity index (χ4n) is 1.77. The lowest BCUT2D eigenvalue weighted by Crippen LogP contribution is -2.08. The average Bonchev–Trinajstić information content (AvgIpc) is 2.29. The zero-order valence-electron chi connectivity index (χ0n) is 8.86. The van der Waals surface area contributed by atoms with Crippen LogP contribution in [0.15, 0.2) is 27.4 Å². The maximum Gasteiger partial charge on any atom is 0.236 e. The van der Waals surface area contributed by atoms with Gasteiger partial charge in [-0.05, 0) is 30.4 Å². The Balaban J connectivity index is 2.65. The van der Waals surface area contributed by atoms with Gasteiger partial charge in [0, 0.05) is 5.02 Å². The first-order valence-electron chi connectivity index (χ1n) is 4.98. The molecule has 5 nitrogen and oxygen atoms in total. The summed E-state index contributed by atoms with van der Waals surface area (Å²) in [6.07, 6.45) is 0. The molecule has 0 radical (unpaired) electrons. The Morgan fingerprint density at radius 1 is 1.44 bits per heavy atom. The van der Waals surface area contributed by atoms with Crippen LogP contribution in [0.1, 0.15) is 0 Å². The lowest BCUT2D eigenvalue weighted by molar-refractivity contribution is 0.642. The highest BCUT2D eigenvalue weighted by atomic mass is 35.5. The van der Waals surface area contributed by atoms with Gasteiger partial charge in [-0.15, -0.1) is 0 Å². The molecule has 3 N–H and O–H groups in total. The number of benzene rings is 1. The minimum absolute atomic E-state index is 0.121. The number of nitrogens with zero attached hydrogens (tertiary/aromatic N) is 1. The van der Waals surface area contributed by atoms with Crippen molar-refractivity contribution in [3.05, 3.63) is 38.2 Å². The van der Waals surface area contributed by atoms with Crippen molar-refractivity contribution < 1.29 is 4.42 Å². The monoisotopic (exact) mass is 279 g/mol. The van der Waals surface area contributed by atoms with E-state index < -0.39 is 0 Å². The Morgan fingerprint density at radius 2 is 2.22 bits per heavy atom. The van der Waals surface area contributed by atoms with Crippen LogP contribution in [0.2, 0.25) is 5.02 Å². The molecule has 2 aromatic heterocycles. The lowest BCUT2D eigenvalue weighted by Gasteiger charge is -2.03. The standard InChI is InChI=1S/C11H6ClN3O2S/c12-4-1-2-6-5(3-4)8(16)7-9(13)14-11(18)15-10(7)17-6/h1-3H,(H3,13,14,15,18).